The van der Waals surface area contributed by atoms with Crippen LogP contribution in [0.15, 0.2) is 35.0 Å². The molecule has 3 aromatic rings. The van der Waals surface area contributed by atoms with Crippen LogP contribution in [0.3, 0.4) is 0 Å². The molecule has 0 saturated carbocycles. The highest BCUT2D eigenvalue weighted by Gasteiger charge is 2.09. The smallest absolute Gasteiger partial charge is 0.230 e. The Kier molecular flexibility index (Phi) is 1.73. The Morgan fingerprint density at radius 2 is 2.25 bits per heavy atom. The highest BCUT2D eigenvalue weighted by molar-refractivity contribution is 5.79. The number of oxazole rings is 1. The van der Waals surface area contributed by atoms with E-state index < -0.39 is 0 Å². The van der Waals surface area contributed by atoms with E-state index in [1.165, 1.54) is 0 Å². The number of nitrogen functional groups attached to an aromatic ring is 1. The van der Waals surface area contributed by atoms with Crippen LogP contribution in [0.2, 0.25) is 0 Å². The Labute approximate surface area is 91.5 Å². The standard InChI is InChI=1S/C11H10N4O/c1-15-6-7(5-13-15)11-14-9-3-2-8(12)4-10(9)16-11/h2-6H,12H2,1H3. The molecule has 0 aliphatic carbocycles. The zero-order valence-electron chi connectivity index (χ0n) is 8.71. The lowest BCUT2D eigenvalue weighted by Crippen LogP contribution is -1.84. The van der Waals surface area contributed by atoms with Gasteiger partial charge < -0.3 is 10.2 Å². The van der Waals surface area contributed by atoms with Crippen molar-refractivity contribution in [3.63, 3.8) is 0 Å². The summed E-state index contributed by atoms with van der Waals surface area (Å²) < 4.78 is 7.31. The number of aryl methyl sites for hydroxylation is 1. The monoisotopic (exact) mass is 214 g/mol. The van der Waals surface area contributed by atoms with Crippen molar-refractivity contribution in [2.24, 2.45) is 7.05 Å². The van der Waals surface area contributed by atoms with Gasteiger partial charge in [0.05, 0.1) is 11.8 Å². The minimum Gasteiger partial charge on any atom is -0.436 e. The summed E-state index contributed by atoms with van der Waals surface area (Å²) in [6, 6.07) is 5.41. The van der Waals surface area contributed by atoms with Gasteiger partial charge in [0.2, 0.25) is 5.89 Å². The fourth-order valence-corrected chi connectivity index (χ4v) is 1.60. The van der Waals surface area contributed by atoms with Crippen molar-refractivity contribution >= 4 is 16.8 Å². The van der Waals surface area contributed by atoms with E-state index in [9.17, 15) is 0 Å². The molecule has 80 valence electrons. The number of nitrogens with two attached hydrogens (primary N) is 1. The van der Waals surface area contributed by atoms with Crippen LogP contribution in [0.1, 0.15) is 0 Å². The van der Waals surface area contributed by atoms with E-state index in [-0.39, 0.29) is 0 Å². The van der Waals surface area contributed by atoms with Crippen LogP contribution in [0, 0.1) is 0 Å². The average molecular weight is 214 g/mol. The summed E-state index contributed by atoms with van der Waals surface area (Å²) in [5, 5.41) is 4.07. The van der Waals surface area contributed by atoms with E-state index in [1.54, 1.807) is 23.0 Å². The lowest BCUT2D eigenvalue weighted by atomic mass is 10.3. The van der Waals surface area contributed by atoms with Gasteiger partial charge in [-0.2, -0.15) is 5.10 Å². The lowest BCUT2D eigenvalue weighted by molar-refractivity contribution is 0.620. The van der Waals surface area contributed by atoms with Crippen molar-refractivity contribution in [2.45, 2.75) is 0 Å². The quantitative estimate of drug-likeness (QED) is 0.627. The molecule has 16 heavy (non-hydrogen) atoms. The van der Waals surface area contributed by atoms with Gasteiger partial charge in [0.15, 0.2) is 5.58 Å². The van der Waals surface area contributed by atoms with Crippen molar-refractivity contribution in [3.8, 4) is 11.5 Å². The molecule has 5 nitrogen and oxygen atoms in total. The Balaban J connectivity index is 2.18. The predicted molar refractivity (Wildman–Crippen MR) is 60.6 cm³/mol. The Morgan fingerprint density at radius 1 is 1.38 bits per heavy atom. The van der Waals surface area contributed by atoms with Crippen LogP contribution < -0.4 is 5.73 Å². The third-order valence-electron chi connectivity index (χ3n) is 2.36. The molecule has 0 bridgehead atoms. The van der Waals surface area contributed by atoms with Gasteiger partial charge in [-0.1, -0.05) is 0 Å². The Morgan fingerprint density at radius 3 is 3.00 bits per heavy atom. The van der Waals surface area contributed by atoms with Gasteiger partial charge in [0.1, 0.15) is 5.52 Å². The number of hydrogen-bond acceptors (Lipinski definition) is 4. The van der Waals surface area contributed by atoms with Crippen molar-refractivity contribution in [2.75, 3.05) is 5.73 Å². The summed E-state index contributed by atoms with van der Waals surface area (Å²) in [7, 11) is 1.85. The number of nitrogens with zero attached hydrogens (tertiary/aromatic N) is 3. The van der Waals surface area contributed by atoms with Crippen molar-refractivity contribution in [1.82, 2.24) is 14.8 Å². The Bertz CT molecular complexity index is 653. The number of aromatic nitrogens is 3. The third-order valence-corrected chi connectivity index (χ3v) is 2.36. The molecule has 0 fully saturated rings. The maximum Gasteiger partial charge on any atom is 0.230 e. The largest absolute Gasteiger partial charge is 0.436 e. The molecule has 3 rings (SSSR count). The van der Waals surface area contributed by atoms with Gasteiger partial charge in [0.25, 0.3) is 0 Å². The fourth-order valence-electron chi connectivity index (χ4n) is 1.60. The summed E-state index contributed by atoms with van der Waals surface area (Å²) in [4.78, 5) is 4.36. The molecule has 0 saturated heterocycles. The first kappa shape index (κ1) is 8.96. The second kappa shape index (κ2) is 3.10. The molecular formula is C11H10N4O. The highest BCUT2D eigenvalue weighted by atomic mass is 16.3. The normalized spacial score (nSPS) is 11.1. The zero-order valence-corrected chi connectivity index (χ0v) is 8.71. The van der Waals surface area contributed by atoms with Crippen LogP contribution >= 0.6 is 0 Å². The summed E-state index contributed by atoms with van der Waals surface area (Å²) in [5.41, 5.74) is 8.69. The fraction of sp³-hybridized carbons (Fsp3) is 0.0909. The number of fused-ring (bicyclic) bond motifs is 1. The van der Waals surface area contributed by atoms with Crippen LogP contribution in [-0.4, -0.2) is 14.8 Å². The molecular weight excluding hydrogens is 204 g/mol. The first-order valence-electron chi connectivity index (χ1n) is 4.87. The minimum absolute atomic E-state index is 0.564. The van der Waals surface area contributed by atoms with Gasteiger partial charge in [-0.05, 0) is 12.1 Å². The van der Waals surface area contributed by atoms with E-state index in [1.807, 2.05) is 19.3 Å². The summed E-state index contributed by atoms with van der Waals surface area (Å²) in [5.74, 6) is 0.564. The summed E-state index contributed by atoms with van der Waals surface area (Å²) >= 11 is 0. The van der Waals surface area contributed by atoms with Crippen LogP contribution in [0.25, 0.3) is 22.6 Å². The predicted octanol–water partition coefficient (Wildman–Crippen LogP) is 1.81. The van der Waals surface area contributed by atoms with Gasteiger partial charge in [-0.15, -0.1) is 0 Å². The number of rotatable bonds is 1. The van der Waals surface area contributed by atoms with Crippen LogP contribution in [-0.2, 0) is 7.05 Å². The first-order valence-corrected chi connectivity index (χ1v) is 4.87. The van der Waals surface area contributed by atoms with Crippen LogP contribution in [0.4, 0.5) is 5.69 Å². The van der Waals surface area contributed by atoms with E-state index >= 15 is 0 Å². The van der Waals surface area contributed by atoms with Crippen molar-refractivity contribution in [1.29, 1.82) is 0 Å². The number of hydrogen-bond donors (Lipinski definition) is 1. The molecule has 0 unspecified atom stereocenters. The Hall–Kier alpha value is -2.30. The summed E-state index contributed by atoms with van der Waals surface area (Å²) in [6.45, 7) is 0. The highest BCUT2D eigenvalue weighted by Crippen LogP contribution is 2.24. The topological polar surface area (TPSA) is 69.9 Å². The lowest BCUT2D eigenvalue weighted by Gasteiger charge is -1.88. The maximum atomic E-state index is 5.67. The second-order valence-corrected chi connectivity index (χ2v) is 3.65. The molecule has 1 aromatic carbocycles. The van der Waals surface area contributed by atoms with E-state index in [0.717, 1.165) is 11.1 Å². The van der Waals surface area contributed by atoms with E-state index in [0.29, 0.717) is 17.2 Å². The maximum absolute atomic E-state index is 5.67. The van der Waals surface area contributed by atoms with E-state index in [2.05, 4.69) is 10.1 Å². The first-order chi connectivity index (χ1) is 7.72. The molecule has 0 amide bonds. The zero-order chi connectivity index (χ0) is 11.1. The van der Waals surface area contributed by atoms with Crippen molar-refractivity contribution < 1.29 is 4.42 Å². The van der Waals surface area contributed by atoms with Gasteiger partial charge in [0, 0.05) is 25.0 Å². The van der Waals surface area contributed by atoms with Crippen molar-refractivity contribution in [3.05, 3.63) is 30.6 Å². The number of benzene rings is 1. The molecule has 2 heterocycles. The molecule has 0 radical (unpaired) electrons. The molecule has 0 spiro atoms. The van der Waals surface area contributed by atoms with Gasteiger partial charge in [-0.25, -0.2) is 4.98 Å². The minimum atomic E-state index is 0.564. The third kappa shape index (κ3) is 1.33. The molecule has 2 aromatic heterocycles. The molecule has 5 heteroatoms. The second-order valence-electron chi connectivity index (χ2n) is 3.65. The average Bonchev–Trinajstić information content (AvgIpc) is 2.83. The molecule has 0 atom stereocenters. The number of anilines is 1. The van der Waals surface area contributed by atoms with E-state index in [4.69, 9.17) is 10.2 Å². The van der Waals surface area contributed by atoms with Gasteiger partial charge in [-0.3, -0.25) is 4.68 Å². The van der Waals surface area contributed by atoms with Gasteiger partial charge >= 0.3 is 0 Å². The SMILES string of the molecule is Cn1cc(-c2nc3ccc(N)cc3o2)cn1. The molecule has 0 aliphatic rings. The van der Waals surface area contributed by atoms with Crippen LogP contribution in [0.5, 0.6) is 0 Å². The summed E-state index contributed by atoms with van der Waals surface area (Å²) in [6.07, 6.45) is 3.57. The molecule has 2 N–H and O–H groups in total. The molecule has 0 aliphatic heterocycles.